The molecule has 7 heteroatoms. The van der Waals surface area contributed by atoms with Gasteiger partial charge in [0.25, 0.3) is 5.56 Å². The first-order valence-electron chi connectivity index (χ1n) is 7.13. The summed E-state index contributed by atoms with van der Waals surface area (Å²) in [5.41, 5.74) is 0.447. The van der Waals surface area contributed by atoms with Crippen molar-refractivity contribution >= 4 is 11.0 Å². The van der Waals surface area contributed by atoms with Gasteiger partial charge >= 0.3 is 0 Å². The molecule has 0 saturated heterocycles. The van der Waals surface area contributed by atoms with Crippen LogP contribution in [0.2, 0.25) is 0 Å². The van der Waals surface area contributed by atoms with Gasteiger partial charge in [0.15, 0.2) is 5.65 Å². The predicted octanol–water partition coefficient (Wildman–Crippen LogP) is 0.303. The summed E-state index contributed by atoms with van der Waals surface area (Å²) in [7, 11) is 3.77. The van der Waals surface area contributed by atoms with E-state index in [9.17, 15) is 4.79 Å². The fraction of sp³-hybridized carbons (Fsp3) is 0.692. The van der Waals surface area contributed by atoms with Gasteiger partial charge in [-0.3, -0.25) is 4.79 Å². The molecule has 0 bridgehead atoms. The van der Waals surface area contributed by atoms with E-state index >= 15 is 0 Å². The van der Waals surface area contributed by atoms with Crippen LogP contribution >= 0.6 is 0 Å². The number of hydrogen-bond donors (Lipinski definition) is 1. The van der Waals surface area contributed by atoms with Crippen LogP contribution in [0.5, 0.6) is 0 Å². The average Bonchev–Trinajstić information content (AvgIpc) is 3.05. The number of nitrogens with one attached hydrogen (secondary N) is 1. The van der Waals surface area contributed by atoms with Gasteiger partial charge in [0, 0.05) is 19.6 Å². The first-order chi connectivity index (χ1) is 9.70. The van der Waals surface area contributed by atoms with Gasteiger partial charge in [-0.05, 0) is 32.2 Å². The second kappa shape index (κ2) is 5.32. The highest BCUT2D eigenvalue weighted by molar-refractivity contribution is 5.72. The summed E-state index contributed by atoms with van der Waals surface area (Å²) in [6.07, 6.45) is 6.24. The van der Waals surface area contributed by atoms with Crippen LogP contribution in [-0.2, 0) is 13.6 Å². The molecule has 0 spiro atoms. The van der Waals surface area contributed by atoms with Crippen molar-refractivity contribution in [1.29, 1.82) is 0 Å². The third-order valence-electron chi connectivity index (χ3n) is 4.36. The molecule has 0 amide bonds. The highest BCUT2D eigenvalue weighted by Gasteiger charge is 2.25. The van der Waals surface area contributed by atoms with Crippen molar-refractivity contribution < 1.29 is 0 Å². The third-order valence-corrected chi connectivity index (χ3v) is 4.36. The molecule has 1 aliphatic rings. The van der Waals surface area contributed by atoms with E-state index in [0.717, 1.165) is 6.42 Å². The van der Waals surface area contributed by atoms with Gasteiger partial charge < -0.3 is 5.32 Å². The highest BCUT2D eigenvalue weighted by atomic mass is 16.1. The molecular weight excluding hydrogens is 256 g/mol. The molecule has 2 aromatic rings. The van der Waals surface area contributed by atoms with Crippen LogP contribution in [0.1, 0.15) is 25.7 Å². The number of nitrogens with zero attached hydrogens (tertiary/aromatic N) is 5. The van der Waals surface area contributed by atoms with Gasteiger partial charge in [0.2, 0.25) is 0 Å². The van der Waals surface area contributed by atoms with E-state index < -0.39 is 0 Å². The Kier molecular flexibility index (Phi) is 3.52. The second-order valence-electron chi connectivity index (χ2n) is 5.50. The van der Waals surface area contributed by atoms with E-state index in [-0.39, 0.29) is 5.56 Å². The topological polar surface area (TPSA) is 77.6 Å². The zero-order valence-corrected chi connectivity index (χ0v) is 11.9. The molecule has 2 heterocycles. The average molecular weight is 276 g/mol. The normalized spacial score (nSPS) is 22.7. The number of hydrogen-bond acceptors (Lipinski definition) is 5. The number of rotatable bonds is 4. The molecule has 7 nitrogen and oxygen atoms in total. The lowest BCUT2D eigenvalue weighted by atomic mass is 10.00. The molecule has 1 saturated carbocycles. The van der Waals surface area contributed by atoms with Gasteiger partial charge in [0.1, 0.15) is 5.39 Å². The summed E-state index contributed by atoms with van der Waals surface area (Å²) in [6, 6.07) is 0.570. The maximum absolute atomic E-state index is 12.3. The lowest BCUT2D eigenvalue weighted by molar-refractivity contribution is 0.361. The van der Waals surface area contributed by atoms with Crippen molar-refractivity contribution in [3.8, 4) is 0 Å². The fourth-order valence-electron chi connectivity index (χ4n) is 3.17. The lowest BCUT2D eigenvalue weighted by Crippen LogP contribution is -2.31. The molecule has 1 fully saturated rings. The molecule has 0 aromatic carbocycles. The zero-order chi connectivity index (χ0) is 14.1. The molecule has 1 aliphatic carbocycles. The van der Waals surface area contributed by atoms with E-state index in [4.69, 9.17) is 0 Å². The van der Waals surface area contributed by atoms with Crippen molar-refractivity contribution in [2.45, 2.75) is 38.3 Å². The quantitative estimate of drug-likeness (QED) is 0.869. The molecule has 2 aromatic heterocycles. The van der Waals surface area contributed by atoms with Crippen LogP contribution in [0.15, 0.2) is 11.0 Å². The van der Waals surface area contributed by atoms with Gasteiger partial charge in [-0.25, -0.2) is 9.36 Å². The highest BCUT2D eigenvalue weighted by Crippen LogP contribution is 2.28. The summed E-state index contributed by atoms with van der Waals surface area (Å²) >= 11 is 0. The first-order valence-corrected chi connectivity index (χ1v) is 7.13. The Morgan fingerprint density at radius 3 is 3.10 bits per heavy atom. The van der Waals surface area contributed by atoms with E-state index in [2.05, 4.69) is 20.7 Å². The Hall–Kier alpha value is -1.76. The lowest BCUT2D eigenvalue weighted by Gasteiger charge is -2.18. The molecule has 108 valence electrons. The Morgan fingerprint density at radius 2 is 2.30 bits per heavy atom. The van der Waals surface area contributed by atoms with Crippen LogP contribution in [-0.4, -0.2) is 37.9 Å². The number of aryl methyl sites for hydroxylation is 2. The van der Waals surface area contributed by atoms with Crippen LogP contribution in [0.25, 0.3) is 11.0 Å². The summed E-state index contributed by atoms with van der Waals surface area (Å²) in [5, 5.41) is 16.1. The van der Waals surface area contributed by atoms with Gasteiger partial charge in [-0.2, -0.15) is 5.10 Å². The van der Waals surface area contributed by atoms with Crippen molar-refractivity contribution in [2.75, 3.05) is 7.05 Å². The van der Waals surface area contributed by atoms with Crippen molar-refractivity contribution in [3.63, 3.8) is 0 Å². The minimum absolute atomic E-state index is 0.0953. The Morgan fingerprint density at radius 1 is 1.45 bits per heavy atom. The summed E-state index contributed by atoms with van der Waals surface area (Å²) < 4.78 is 3.04. The zero-order valence-electron chi connectivity index (χ0n) is 11.9. The van der Waals surface area contributed by atoms with Crippen LogP contribution in [0, 0.1) is 5.92 Å². The minimum atomic E-state index is -0.0953. The molecule has 1 N–H and O–H groups in total. The molecule has 20 heavy (non-hydrogen) atoms. The van der Waals surface area contributed by atoms with Crippen molar-refractivity contribution in [3.05, 3.63) is 16.6 Å². The smallest absolute Gasteiger partial charge is 0.280 e. The minimum Gasteiger partial charge on any atom is -0.317 e. The standard InChI is InChI=1S/C13H20N6O/c1-14-11-5-3-4-9(11)6-7-19-13(20)10-8-15-18(2)12(10)16-17-19/h8-9,11,14H,3-7H2,1-2H3. The van der Waals surface area contributed by atoms with Gasteiger partial charge in [0.05, 0.1) is 6.20 Å². The molecule has 0 aliphatic heterocycles. The predicted molar refractivity (Wildman–Crippen MR) is 75.4 cm³/mol. The largest absolute Gasteiger partial charge is 0.317 e. The van der Waals surface area contributed by atoms with Gasteiger partial charge in [-0.15, -0.1) is 5.10 Å². The van der Waals surface area contributed by atoms with Crippen molar-refractivity contribution in [1.82, 2.24) is 30.1 Å². The maximum Gasteiger partial charge on any atom is 0.280 e. The monoisotopic (exact) mass is 276 g/mol. The second-order valence-corrected chi connectivity index (χ2v) is 5.50. The number of aromatic nitrogens is 5. The van der Waals surface area contributed by atoms with Gasteiger partial charge in [-0.1, -0.05) is 11.6 Å². The summed E-state index contributed by atoms with van der Waals surface area (Å²) in [4.78, 5) is 12.3. The third kappa shape index (κ3) is 2.22. The Bertz CT molecular complexity index is 660. The van der Waals surface area contributed by atoms with E-state index in [1.165, 1.54) is 23.9 Å². The van der Waals surface area contributed by atoms with E-state index in [1.54, 1.807) is 17.9 Å². The Labute approximate surface area is 117 Å². The molecule has 3 rings (SSSR count). The van der Waals surface area contributed by atoms with E-state index in [1.807, 2.05) is 7.05 Å². The maximum atomic E-state index is 12.3. The first kappa shape index (κ1) is 13.2. The van der Waals surface area contributed by atoms with Crippen LogP contribution < -0.4 is 10.9 Å². The van der Waals surface area contributed by atoms with E-state index in [0.29, 0.717) is 29.5 Å². The van der Waals surface area contributed by atoms with Crippen LogP contribution in [0.4, 0.5) is 0 Å². The summed E-state index contributed by atoms with van der Waals surface area (Å²) in [5.74, 6) is 0.623. The molecular formula is C13H20N6O. The SMILES string of the molecule is CNC1CCCC1CCn1nnc2c(cnn2C)c1=O. The fourth-order valence-corrected chi connectivity index (χ4v) is 3.17. The van der Waals surface area contributed by atoms with Crippen molar-refractivity contribution in [2.24, 2.45) is 13.0 Å². The summed E-state index contributed by atoms with van der Waals surface area (Å²) in [6.45, 7) is 0.625. The Balaban J connectivity index is 1.78. The van der Waals surface area contributed by atoms with Crippen LogP contribution in [0.3, 0.4) is 0 Å². The molecule has 0 radical (unpaired) electrons. The molecule has 2 atom stereocenters. The molecule has 2 unspecified atom stereocenters. The number of fused-ring (bicyclic) bond motifs is 1.